The monoisotopic (exact) mass is 425 g/mol. The lowest BCUT2D eigenvalue weighted by atomic mass is 9.48. The van der Waals surface area contributed by atoms with Crippen molar-refractivity contribution >= 4 is 35.3 Å². The van der Waals surface area contributed by atoms with Gasteiger partial charge in [-0.3, -0.25) is 4.90 Å². The van der Waals surface area contributed by atoms with Gasteiger partial charge >= 0.3 is 18.4 Å². The van der Waals surface area contributed by atoms with Crippen LogP contribution in [0.3, 0.4) is 0 Å². The Labute approximate surface area is 170 Å². The van der Waals surface area contributed by atoms with Crippen LogP contribution in [0.5, 0.6) is 5.75 Å². The molecule has 30 heavy (non-hydrogen) atoms. The van der Waals surface area contributed by atoms with E-state index in [0.29, 0.717) is 11.0 Å². The van der Waals surface area contributed by atoms with Gasteiger partial charge in [-0.15, -0.1) is 0 Å². The van der Waals surface area contributed by atoms with Crippen LogP contribution in [0, 0.1) is 12.7 Å². The maximum atomic E-state index is 13.4. The Kier molecular flexibility index (Phi) is 6.25. The second-order valence-electron chi connectivity index (χ2n) is 6.23. The van der Waals surface area contributed by atoms with Gasteiger partial charge < -0.3 is 4.74 Å². The molecule has 0 spiro atoms. The normalized spacial score (nSPS) is 12.5. The molecule has 1 amide bonds. The number of hydrogen-bond donors (Lipinski definition) is 0. The summed E-state index contributed by atoms with van der Waals surface area (Å²) in [5, 5.41) is -2.51. The lowest BCUT2D eigenvalue weighted by Gasteiger charge is -2.36. The number of amides is 1. The van der Waals surface area contributed by atoms with Crippen LogP contribution in [-0.2, 0) is 12.4 Å². The summed E-state index contributed by atoms with van der Waals surface area (Å²) in [5.41, 5.74) is -4.32. The van der Waals surface area contributed by atoms with E-state index < -0.39 is 51.9 Å². The summed E-state index contributed by atoms with van der Waals surface area (Å²) in [6.45, 7) is 0.885. The molecule has 0 unspecified atom stereocenters. The SMILES string of the molecule is [B]C([B])([B])N(C(=O)Oc1c(C)cc(C(F)(F)F)cc1C(F)(F)F)c1ccc(F)cc1. The fourth-order valence-corrected chi connectivity index (χ4v) is 2.49. The van der Waals surface area contributed by atoms with Crippen molar-refractivity contribution in [2.24, 2.45) is 0 Å². The number of ether oxygens (including phenoxy) is 1. The molecule has 2 aromatic rings. The van der Waals surface area contributed by atoms with Gasteiger partial charge in [0.2, 0.25) is 0 Å². The lowest BCUT2D eigenvalue weighted by Crippen LogP contribution is -2.55. The zero-order valence-corrected chi connectivity index (χ0v) is 15.1. The number of carbonyl (C=O) groups excluding carboxylic acids is 1. The number of anilines is 1. The molecule has 2 aromatic carbocycles. The highest BCUT2D eigenvalue weighted by atomic mass is 19.4. The average Bonchev–Trinajstić information content (AvgIpc) is 2.55. The first kappa shape index (κ1) is 23.7. The van der Waals surface area contributed by atoms with E-state index >= 15 is 0 Å². The van der Waals surface area contributed by atoms with E-state index in [1.165, 1.54) is 0 Å². The maximum absolute atomic E-state index is 13.4. The molecule has 0 aliphatic rings. The standard InChI is InChI=1S/C17H9B3F7NO2/c1-8-6-9(15(22,23)24)7-12(16(25,26)27)13(8)30-14(29)28(17(18,19)20)11-4-2-10(21)3-5-11/h2-7H,1H3. The molecule has 0 aliphatic carbocycles. The lowest BCUT2D eigenvalue weighted by molar-refractivity contribution is -0.143. The van der Waals surface area contributed by atoms with Crippen LogP contribution in [0.2, 0.25) is 0 Å². The summed E-state index contributed by atoms with van der Waals surface area (Å²) in [6.07, 6.45) is -12.0. The van der Waals surface area contributed by atoms with Crippen molar-refractivity contribution in [3.63, 3.8) is 0 Å². The van der Waals surface area contributed by atoms with Gasteiger partial charge in [0.1, 0.15) is 11.6 Å². The minimum atomic E-state index is -5.30. The Morgan fingerprint density at radius 3 is 1.90 bits per heavy atom. The molecule has 6 radical (unpaired) electrons. The second kappa shape index (κ2) is 7.92. The number of rotatable bonds is 3. The smallest absolute Gasteiger partial charge is 0.409 e. The number of nitrogens with zero attached hydrogens (tertiary/aromatic N) is 1. The second-order valence-corrected chi connectivity index (χ2v) is 6.23. The highest BCUT2D eigenvalue weighted by molar-refractivity contribution is 6.62. The van der Waals surface area contributed by atoms with E-state index in [4.69, 9.17) is 28.3 Å². The van der Waals surface area contributed by atoms with Gasteiger partial charge in [0.15, 0.2) is 0 Å². The Bertz CT molecular complexity index is 939. The van der Waals surface area contributed by atoms with Crippen molar-refractivity contribution in [1.82, 2.24) is 0 Å². The summed E-state index contributed by atoms with van der Waals surface area (Å²) in [6, 6.07) is 3.92. The summed E-state index contributed by atoms with van der Waals surface area (Å²) in [4.78, 5) is 12.8. The molecule has 0 atom stereocenters. The zero-order valence-electron chi connectivity index (χ0n) is 15.1. The molecule has 0 fully saturated rings. The van der Waals surface area contributed by atoms with E-state index in [9.17, 15) is 35.5 Å². The van der Waals surface area contributed by atoms with Crippen LogP contribution in [0.25, 0.3) is 0 Å². The van der Waals surface area contributed by atoms with E-state index in [-0.39, 0.29) is 11.8 Å². The van der Waals surface area contributed by atoms with Gasteiger partial charge in [0.25, 0.3) is 0 Å². The van der Waals surface area contributed by atoms with Gasteiger partial charge in [-0.25, -0.2) is 9.18 Å². The molecule has 0 aliphatic heterocycles. The molecule has 0 bridgehead atoms. The number of carbonyl (C=O) groups is 1. The Morgan fingerprint density at radius 2 is 1.47 bits per heavy atom. The predicted molar refractivity (Wildman–Crippen MR) is 96.1 cm³/mol. The molecule has 3 nitrogen and oxygen atoms in total. The van der Waals surface area contributed by atoms with Gasteiger partial charge in [0.05, 0.1) is 34.7 Å². The summed E-state index contributed by atoms with van der Waals surface area (Å²) in [7, 11) is 16.4. The number of alkyl halides is 6. The molecule has 152 valence electrons. The molecule has 13 heteroatoms. The molecule has 0 N–H and O–H groups in total. The van der Waals surface area contributed by atoms with Crippen molar-refractivity contribution in [3.05, 3.63) is 58.9 Å². The van der Waals surface area contributed by atoms with Gasteiger partial charge in [0, 0.05) is 5.69 Å². The van der Waals surface area contributed by atoms with Gasteiger partial charge in [-0.2, -0.15) is 26.3 Å². The molecule has 0 aromatic heterocycles. The number of hydrogen-bond acceptors (Lipinski definition) is 2. The molecular weight excluding hydrogens is 416 g/mol. The Balaban J connectivity index is 2.56. The third-order valence-corrected chi connectivity index (χ3v) is 3.75. The maximum Gasteiger partial charge on any atom is 0.420 e. The zero-order chi connectivity index (χ0) is 23.1. The van der Waals surface area contributed by atoms with Crippen molar-refractivity contribution < 1.29 is 40.3 Å². The van der Waals surface area contributed by atoms with Crippen LogP contribution in [0.4, 0.5) is 41.2 Å². The predicted octanol–water partition coefficient (Wildman–Crippen LogP) is 4.29. The highest BCUT2D eigenvalue weighted by Crippen LogP contribution is 2.42. The van der Waals surface area contributed by atoms with E-state index in [2.05, 4.69) is 0 Å². The first-order valence-electron chi connectivity index (χ1n) is 7.95. The van der Waals surface area contributed by atoms with Gasteiger partial charge in [-0.1, -0.05) is 5.24 Å². The molecule has 0 saturated carbocycles. The minimum Gasteiger partial charge on any atom is -0.409 e. The van der Waals surface area contributed by atoms with Crippen molar-refractivity contribution in [2.45, 2.75) is 24.5 Å². The first-order valence-corrected chi connectivity index (χ1v) is 7.95. The van der Waals surface area contributed by atoms with Crippen LogP contribution in [0.15, 0.2) is 36.4 Å². The fraction of sp³-hybridized carbons (Fsp3) is 0.235. The van der Waals surface area contributed by atoms with Crippen LogP contribution in [-0.4, -0.2) is 34.9 Å². The average molecular weight is 425 g/mol. The van der Waals surface area contributed by atoms with Crippen LogP contribution in [0.1, 0.15) is 16.7 Å². The molecule has 0 heterocycles. The van der Waals surface area contributed by atoms with E-state index in [1.54, 1.807) is 0 Å². The minimum absolute atomic E-state index is 0.196. The topological polar surface area (TPSA) is 29.5 Å². The highest BCUT2D eigenvalue weighted by Gasteiger charge is 2.41. The third-order valence-electron chi connectivity index (χ3n) is 3.75. The van der Waals surface area contributed by atoms with Crippen molar-refractivity contribution in [2.75, 3.05) is 4.90 Å². The largest absolute Gasteiger partial charge is 0.420 e. The Morgan fingerprint density at radius 1 is 0.933 bits per heavy atom. The van der Waals surface area contributed by atoms with Crippen LogP contribution >= 0.6 is 0 Å². The van der Waals surface area contributed by atoms with Crippen molar-refractivity contribution in [1.29, 1.82) is 0 Å². The summed E-state index contributed by atoms with van der Waals surface area (Å²) in [5.74, 6) is -1.92. The first-order chi connectivity index (χ1) is 13.5. The quantitative estimate of drug-likeness (QED) is 0.543. The van der Waals surface area contributed by atoms with E-state index in [1.807, 2.05) is 0 Å². The Hall–Kier alpha value is -2.59. The van der Waals surface area contributed by atoms with E-state index in [0.717, 1.165) is 31.2 Å². The summed E-state index contributed by atoms with van der Waals surface area (Å²) >= 11 is 0. The van der Waals surface area contributed by atoms with Crippen LogP contribution < -0.4 is 9.64 Å². The third kappa shape index (κ3) is 5.31. The molecule has 2 rings (SSSR count). The van der Waals surface area contributed by atoms with Crippen molar-refractivity contribution in [3.8, 4) is 5.75 Å². The summed E-state index contributed by atoms with van der Waals surface area (Å²) < 4.78 is 96.6. The molecular formula is C17H9B3F7NO2. The molecule has 0 saturated heterocycles. The number of halogens is 7. The number of benzene rings is 2. The number of aryl methyl sites for hydroxylation is 1. The van der Waals surface area contributed by atoms with Gasteiger partial charge in [-0.05, 0) is 48.9 Å². The fourth-order valence-electron chi connectivity index (χ4n) is 2.49.